The first-order valence-corrected chi connectivity index (χ1v) is 30.9. The predicted octanol–water partition coefficient (Wildman–Crippen LogP) is 10.4. The summed E-state index contributed by atoms with van der Waals surface area (Å²) in [4.78, 5) is 128. The number of thiophene rings is 2. The highest BCUT2D eigenvalue weighted by Crippen LogP contribution is 2.60. The van der Waals surface area contributed by atoms with Crippen LogP contribution in [0.25, 0.3) is 20.9 Å². The molecule has 5 aromatic carbocycles. The van der Waals surface area contributed by atoms with E-state index < -0.39 is 117 Å². The summed E-state index contributed by atoms with van der Waals surface area (Å²) >= 11 is 1.65. The van der Waals surface area contributed by atoms with Gasteiger partial charge in [-0.3, -0.25) is 19.2 Å². The van der Waals surface area contributed by atoms with Crippen LogP contribution in [-0.2, 0) is 94.9 Å². The quantitative estimate of drug-likeness (QED) is 0.0555. The third-order valence-electron chi connectivity index (χ3n) is 17.7. The molecule has 22 heteroatoms. The van der Waals surface area contributed by atoms with Gasteiger partial charge in [0.05, 0.1) is 47.9 Å². The van der Waals surface area contributed by atoms with Gasteiger partial charge in [-0.15, -0.1) is 22.7 Å². The fraction of sp³-hybridized carbons (Fsp3) is 0.257. The highest BCUT2D eigenvalue weighted by Gasteiger charge is 2.62. The number of rotatable bonds is 14. The molecule has 0 bridgehead atoms. The van der Waals surface area contributed by atoms with Gasteiger partial charge in [0.15, 0.2) is 34.6 Å². The molecule has 8 atom stereocenters. The molecule has 2 aliphatic heterocycles. The predicted molar refractivity (Wildman–Crippen MR) is 326 cm³/mol. The van der Waals surface area contributed by atoms with Crippen molar-refractivity contribution >= 4 is 91.1 Å². The first kappa shape index (κ1) is 59.9. The van der Waals surface area contributed by atoms with Crippen molar-refractivity contribution in [3.8, 4) is 56.7 Å². The van der Waals surface area contributed by atoms with Crippen molar-refractivity contribution in [1.29, 1.82) is 21.0 Å². The van der Waals surface area contributed by atoms with Crippen molar-refractivity contribution in [2.45, 2.75) is 63.3 Å². The standard InChI is InChI=1S/C70H48N6O14S2/c71-29-41-21-45-46(22-42(41)30-72)60(78)57(59(45)77)75-55-27-51-63(91-55)49-26-54-50(25-53(49)89-69(51,65(81)85-33-37-13-5-1-6-14-37)66(82)86-34-38-15-7-2-8-16-38)64-52(28-56(92-64)76-58-61(79)47-23-43(31-73)44(32-74)24-48(47)62(58)80)70(90-54,67(83)87-35-39-17-9-3-10-18-39)68(84)88-36-40-19-11-4-12-20-40/h1-20,25-28,41-48H,21-24,33-36H2. The number of nitrogens with zero attached hydrogens (tertiary/aromatic N) is 6. The summed E-state index contributed by atoms with van der Waals surface area (Å²) in [5.74, 6) is -15.1. The van der Waals surface area contributed by atoms with Crippen molar-refractivity contribution in [3.05, 3.63) is 179 Å². The Kier molecular flexibility index (Phi) is 15.9. The fourth-order valence-electron chi connectivity index (χ4n) is 12.9. The number of nitriles is 4. The average molecular weight is 1260 g/mol. The molecule has 6 aliphatic rings. The van der Waals surface area contributed by atoms with E-state index in [0.29, 0.717) is 22.3 Å². The number of ketones is 4. The van der Waals surface area contributed by atoms with Crippen LogP contribution in [0, 0.1) is 92.7 Å². The van der Waals surface area contributed by atoms with Gasteiger partial charge < -0.3 is 28.4 Å². The number of benzene rings is 5. The van der Waals surface area contributed by atoms with E-state index in [1.165, 1.54) is 24.3 Å². The van der Waals surface area contributed by atoms with E-state index >= 15 is 19.2 Å². The minimum Gasteiger partial charge on any atom is -0.459 e. The van der Waals surface area contributed by atoms with Gasteiger partial charge in [-0.2, -0.15) is 21.0 Å². The van der Waals surface area contributed by atoms with Crippen LogP contribution in [-0.4, -0.2) is 58.4 Å². The highest BCUT2D eigenvalue weighted by molar-refractivity contribution is 7.20. The molecule has 7 aromatic rings. The maximum absolute atomic E-state index is 15.4. The number of carbonyl (C=O) groups is 8. The number of Topliss-reactive ketones (excluding diaryl/α,β-unsaturated/α-hetero) is 4. The molecule has 92 heavy (non-hydrogen) atoms. The van der Waals surface area contributed by atoms with E-state index in [9.17, 15) is 40.2 Å². The minimum absolute atomic E-state index is 0.0491. The van der Waals surface area contributed by atoms with Gasteiger partial charge in [0, 0.05) is 55.7 Å². The summed E-state index contributed by atoms with van der Waals surface area (Å²) in [5.41, 5.74) is -4.86. The van der Waals surface area contributed by atoms with Crippen LogP contribution in [0.3, 0.4) is 0 Å². The molecule has 0 amide bonds. The van der Waals surface area contributed by atoms with Crippen LogP contribution < -0.4 is 9.47 Å². The molecule has 4 saturated carbocycles. The summed E-state index contributed by atoms with van der Waals surface area (Å²) in [5, 5.41) is 39.6. The maximum Gasteiger partial charge on any atom is 0.367 e. The lowest BCUT2D eigenvalue weighted by molar-refractivity contribution is -0.185. The van der Waals surface area contributed by atoms with Crippen molar-refractivity contribution in [1.82, 2.24) is 0 Å². The number of hydrogen-bond donors (Lipinski definition) is 0. The average Bonchev–Trinajstić information content (AvgIpc) is 1.41. The lowest BCUT2D eigenvalue weighted by Crippen LogP contribution is -2.52. The zero-order valence-electron chi connectivity index (χ0n) is 48.3. The van der Waals surface area contributed by atoms with Crippen molar-refractivity contribution in [2.75, 3.05) is 0 Å². The second-order valence-corrected chi connectivity index (χ2v) is 25.1. The lowest BCUT2D eigenvalue weighted by atomic mass is 9.70. The van der Waals surface area contributed by atoms with E-state index in [1.54, 1.807) is 121 Å². The Labute approximate surface area is 532 Å². The van der Waals surface area contributed by atoms with Gasteiger partial charge in [0.1, 0.15) is 47.9 Å². The molecule has 8 unspecified atom stereocenters. The largest absolute Gasteiger partial charge is 0.459 e. The normalized spacial score (nSPS) is 22.4. The zero-order valence-corrected chi connectivity index (χ0v) is 50.0. The van der Waals surface area contributed by atoms with Gasteiger partial charge in [-0.05, 0) is 72.2 Å². The molecule has 13 rings (SSSR count). The second-order valence-electron chi connectivity index (χ2n) is 23.0. The minimum atomic E-state index is -2.86. The summed E-state index contributed by atoms with van der Waals surface area (Å²) < 4.78 is 37.8. The number of hydrogen-bond acceptors (Lipinski definition) is 22. The van der Waals surface area contributed by atoms with E-state index in [2.05, 4.69) is 34.3 Å². The van der Waals surface area contributed by atoms with Crippen LogP contribution in [0.4, 0.5) is 10.0 Å². The molecule has 0 saturated heterocycles. The highest BCUT2D eigenvalue weighted by atomic mass is 32.1. The Morgan fingerprint density at radius 2 is 0.685 bits per heavy atom. The second kappa shape index (κ2) is 24.4. The lowest BCUT2D eigenvalue weighted by Gasteiger charge is -2.37. The molecule has 454 valence electrons. The molecule has 0 N–H and O–H groups in total. The van der Waals surface area contributed by atoms with Crippen molar-refractivity contribution in [3.63, 3.8) is 0 Å². The molecular weight excluding hydrogens is 1210 g/mol. The summed E-state index contributed by atoms with van der Waals surface area (Å²) in [6.07, 6.45) is -0.196. The van der Waals surface area contributed by atoms with Gasteiger partial charge in [0.25, 0.3) is 0 Å². The summed E-state index contributed by atoms with van der Waals surface area (Å²) in [7, 11) is 0. The van der Waals surface area contributed by atoms with Gasteiger partial charge in [0.2, 0.25) is 0 Å². The van der Waals surface area contributed by atoms with Crippen molar-refractivity contribution < 1.29 is 66.8 Å². The Bertz CT molecular complexity index is 4020. The monoisotopic (exact) mass is 1260 g/mol. The topological polar surface area (TPSA) is 312 Å². The Balaban J connectivity index is 1.00. The first-order valence-electron chi connectivity index (χ1n) is 29.3. The number of esters is 4. The van der Waals surface area contributed by atoms with Gasteiger partial charge >= 0.3 is 35.1 Å². The van der Waals surface area contributed by atoms with Gasteiger partial charge in [-0.1, -0.05) is 121 Å². The number of fused-ring (bicyclic) bond motifs is 8. The molecular formula is C70H48N6O14S2. The van der Waals surface area contributed by atoms with E-state index in [1.807, 2.05) is 0 Å². The van der Waals surface area contributed by atoms with Crippen LogP contribution in [0.5, 0.6) is 11.5 Å². The summed E-state index contributed by atoms with van der Waals surface area (Å²) in [6.45, 7) is -1.47. The fourth-order valence-corrected chi connectivity index (χ4v) is 15.1. The molecule has 20 nitrogen and oxygen atoms in total. The van der Waals surface area contributed by atoms with E-state index in [0.717, 1.165) is 22.7 Å². The molecule has 4 aliphatic carbocycles. The molecule has 2 aromatic heterocycles. The number of aliphatic imine (C=N–C) groups is 2. The van der Waals surface area contributed by atoms with Crippen LogP contribution in [0.1, 0.15) is 59.1 Å². The van der Waals surface area contributed by atoms with Crippen LogP contribution in [0.15, 0.2) is 156 Å². The SMILES string of the molecule is N#CC1CC2C(=O)C(=Nc3cc4c(s3)-c3cc5c(cc3OC4(C(=O)OCc3ccccc3)C(=O)OCc3ccccc3)-c3sc(N=C4C(=O)C6CC(C#N)C(C#N)CC6C4=O)cc3C(C(=O)OCc3ccccc3)(C(=O)OCc3ccccc3)O5)C(=O)C2CC1C#N. The van der Waals surface area contributed by atoms with Crippen LogP contribution >= 0.6 is 22.7 Å². The third kappa shape index (κ3) is 10.4. The Morgan fingerprint density at radius 3 is 0.935 bits per heavy atom. The molecule has 4 fully saturated rings. The zero-order chi connectivity index (χ0) is 64.0. The van der Waals surface area contributed by atoms with E-state index in [-0.39, 0.29) is 106 Å². The smallest absolute Gasteiger partial charge is 0.367 e. The van der Waals surface area contributed by atoms with Crippen LogP contribution in [0.2, 0.25) is 0 Å². The molecule has 0 radical (unpaired) electrons. The number of carbonyl (C=O) groups excluding carboxylic acids is 8. The first-order chi connectivity index (χ1) is 44.7. The van der Waals surface area contributed by atoms with E-state index in [4.69, 9.17) is 28.4 Å². The van der Waals surface area contributed by atoms with Crippen molar-refractivity contribution in [2.24, 2.45) is 57.3 Å². The maximum atomic E-state index is 15.4. The molecule has 0 spiro atoms. The number of ether oxygens (including phenoxy) is 6. The van der Waals surface area contributed by atoms with Gasteiger partial charge in [-0.25, -0.2) is 29.2 Å². The summed E-state index contributed by atoms with van der Waals surface area (Å²) in [6, 6.07) is 48.1. The Morgan fingerprint density at radius 1 is 0.424 bits per heavy atom. The Hall–Kier alpha value is -11.0. The molecule has 4 heterocycles. The third-order valence-corrected chi connectivity index (χ3v) is 19.8.